The summed E-state index contributed by atoms with van der Waals surface area (Å²) in [6.07, 6.45) is -1.59. The SMILES string of the molecule is CC[C@H]1O[C@@H](n2ccc(NC(C)=O)nc2=O)C(OCOC(=O)C(C)(C)C)[C@H]1O. The van der Waals surface area contributed by atoms with E-state index in [4.69, 9.17) is 14.2 Å². The average molecular weight is 397 g/mol. The summed E-state index contributed by atoms with van der Waals surface area (Å²) in [5.41, 5.74) is -1.37. The molecule has 4 atom stereocenters. The first-order valence-corrected chi connectivity index (χ1v) is 9.03. The van der Waals surface area contributed by atoms with Gasteiger partial charge in [0, 0.05) is 13.1 Å². The van der Waals surface area contributed by atoms with Crippen LogP contribution >= 0.6 is 0 Å². The summed E-state index contributed by atoms with van der Waals surface area (Å²) in [7, 11) is 0. The second kappa shape index (κ2) is 8.80. The van der Waals surface area contributed by atoms with Crippen molar-refractivity contribution in [2.24, 2.45) is 5.41 Å². The largest absolute Gasteiger partial charge is 0.438 e. The van der Waals surface area contributed by atoms with Gasteiger partial charge in [-0.1, -0.05) is 6.92 Å². The van der Waals surface area contributed by atoms with Gasteiger partial charge in [-0.3, -0.25) is 14.2 Å². The van der Waals surface area contributed by atoms with Gasteiger partial charge in [0.1, 0.15) is 18.0 Å². The first-order valence-electron chi connectivity index (χ1n) is 9.03. The zero-order chi connectivity index (χ0) is 21.1. The number of anilines is 1. The summed E-state index contributed by atoms with van der Waals surface area (Å²) < 4.78 is 17.6. The van der Waals surface area contributed by atoms with Crippen LogP contribution in [0.1, 0.15) is 47.3 Å². The topological polar surface area (TPSA) is 129 Å². The number of nitrogens with zero attached hydrogens (tertiary/aromatic N) is 2. The van der Waals surface area contributed by atoms with E-state index >= 15 is 0 Å². The van der Waals surface area contributed by atoms with Crippen molar-refractivity contribution in [1.29, 1.82) is 0 Å². The maximum absolute atomic E-state index is 12.4. The Hall–Kier alpha value is -2.30. The smallest absolute Gasteiger partial charge is 0.351 e. The van der Waals surface area contributed by atoms with E-state index in [9.17, 15) is 19.5 Å². The zero-order valence-corrected chi connectivity index (χ0v) is 16.7. The van der Waals surface area contributed by atoms with Crippen molar-refractivity contribution >= 4 is 17.7 Å². The molecule has 2 rings (SSSR count). The number of rotatable bonds is 6. The van der Waals surface area contributed by atoms with E-state index in [1.54, 1.807) is 20.8 Å². The minimum atomic E-state index is -1.02. The summed E-state index contributed by atoms with van der Waals surface area (Å²) in [5, 5.41) is 12.9. The highest BCUT2D eigenvalue weighted by Crippen LogP contribution is 2.32. The molecule has 1 aliphatic heterocycles. The predicted molar refractivity (Wildman–Crippen MR) is 98.3 cm³/mol. The molecule has 1 aliphatic rings. The van der Waals surface area contributed by atoms with Gasteiger partial charge in [0.05, 0.1) is 11.5 Å². The molecule has 10 heteroatoms. The Bertz CT molecular complexity index is 771. The van der Waals surface area contributed by atoms with Crippen molar-refractivity contribution in [3.8, 4) is 0 Å². The lowest BCUT2D eigenvalue weighted by Gasteiger charge is -2.23. The number of carbonyl (C=O) groups is 2. The van der Waals surface area contributed by atoms with Crippen molar-refractivity contribution in [3.63, 3.8) is 0 Å². The number of nitrogens with one attached hydrogen (secondary N) is 1. The van der Waals surface area contributed by atoms with Crippen LogP contribution in [0.4, 0.5) is 5.82 Å². The molecule has 156 valence electrons. The van der Waals surface area contributed by atoms with E-state index < -0.39 is 41.6 Å². The van der Waals surface area contributed by atoms with Crippen molar-refractivity contribution < 1.29 is 28.9 Å². The van der Waals surface area contributed by atoms with Crippen molar-refractivity contribution in [2.75, 3.05) is 12.1 Å². The van der Waals surface area contributed by atoms with Crippen LogP contribution in [0.25, 0.3) is 0 Å². The highest BCUT2D eigenvalue weighted by molar-refractivity contribution is 5.87. The quantitative estimate of drug-likeness (QED) is 0.533. The van der Waals surface area contributed by atoms with Crippen LogP contribution in [-0.4, -0.2) is 51.6 Å². The fraction of sp³-hybridized carbons (Fsp3) is 0.667. The lowest BCUT2D eigenvalue weighted by atomic mass is 9.98. The molecule has 1 aromatic rings. The molecule has 2 N–H and O–H groups in total. The van der Waals surface area contributed by atoms with Gasteiger partial charge in [0.15, 0.2) is 13.0 Å². The number of amides is 1. The van der Waals surface area contributed by atoms with Crippen LogP contribution in [0.2, 0.25) is 0 Å². The van der Waals surface area contributed by atoms with Gasteiger partial charge < -0.3 is 24.6 Å². The van der Waals surface area contributed by atoms with Crippen molar-refractivity contribution in [3.05, 3.63) is 22.7 Å². The summed E-state index contributed by atoms with van der Waals surface area (Å²) >= 11 is 0. The fourth-order valence-corrected chi connectivity index (χ4v) is 2.70. The van der Waals surface area contributed by atoms with Crippen molar-refractivity contribution in [1.82, 2.24) is 9.55 Å². The number of carbonyl (C=O) groups excluding carboxylic acids is 2. The van der Waals surface area contributed by atoms with Gasteiger partial charge in [-0.25, -0.2) is 4.79 Å². The second-order valence-electron chi connectivity index (χ2n) is 7.58. The predicted octanol–water partition coefficient (Wildman–Crippen LogP) is 0.802. The summed E-state index contributed by atoms with van der Waals surface area (Å²) in [5.74, 6) is -0.705. The second-order valence-corrected chi connectivity index (χ2v) is 7.58. The molecule has 0 spiro atoms. The van der Waals surface area contributed by atoms with E-state index in [1.165, 1.54) is 23.8 Å². The van der Waals surface area contributed by atoms with Crippen molar-refractivity contribution in [2.45, 2.75) is 65.6 Å². The van der Waals surface area contributed by atoms with Crippen LogP contribution in [0, 0.1) is 5.41 Å². The maximum Gasteiger partial charge on any atom is 0.351 e. The maximum atomic E-state index is 12.4. The minimum absolute atomic E-state index is 0.107. The summed E-state index contributed by atoms with van der Waals surface area (Å²) in [6.45, 7) is 7.87. The Kier molecular flexibility index (Phi) is 6.91. The van der Waals surface area contributed by atoms with E-state index in [-0.39, 0.29) is 18.5 Å². The van der Waals surface area contributed by atoms with Crippen LogP contribution < -0.4 is 11.0 Å². The lowest BCUT2D eigenvalue weighted by molar-refractivity contribution is -0.179. The molecule has 1 unspecified atom stereocenters. The van der Waals surface area contributed by atoms with Gasteiger partial charge in [0.2, 0.25) is 5.91 Å². The van der Waals surface area contributed by atoms with Crippen LogP contribution in [0.15, 0.2) is 17.1 Å². The Morgan fingerprint density at radius 2 is 2.07 bits per heavy atom. The Morgan fingerprint density at radius 1 is 1.39 bits per heavy atom. The van der Waals surface area contributed by atoms with E-state index in [0.717, 1.165) is 0 Å². The summed E-state index contributed by atoms with van der Waals surface area (Å²) in [4.78, 5) is 39.1. The Morgan fingerprint density at radius 3 is 2.61 bits per heavy atom. The molecule has 0 radical (unpaired) electrons. The molecule has 0 saturated carbocycles. The highest BCUT2D eigenvalue weighted by atomic mass is 16.7. The first kappa shape index (κ1) is 22.0. The molecule has 1 fully saturated rings. The number of hydrogen-bond acceptors (Lipinski definition) is 8. The van der Waals surface area contributed by atoms with Gasteiger partial charge >= 0.3 is 11.7 Å². The van der Waals surface area contributed by atoms with Crippen LogP contribution in [-0.2, 0) is 23.8 Å². The molecular weight excluding hydrogens is 370 g/mol. The average Bonchev–Trinajstić information content (AvgIpc) is 2.89. The number of ether oxygens (including phenoxy) is 3. The molecule has 28 heavy (non-hydrogen) atoms. The molecule has 2 heterocycles. The number of aromatic nitrogens is 2. The normalized spacial score (nSPS) is 24.8. The lowest BCUT2D eigenvalue weighted by Crippen LogP contribution is -2.38. The third-order valence-corrected chi connectivity index (χ3v) is 4.19. The molecule has 0 aliphatic carbocycles. The van der Waals surface area contributed by atoms with E-state index in [0.29, 0.717) is 6.42 Å². The molecule has 1 saturated heterocycles. The molecule has 10 nitrogen and oxygen atoms in total. The van der Waals surface area contributed by atoms with Crippen LogP contribution in [0.3, 0.4) is 0 Å². The van der Waals surface area contributed by atoms with Gasteiger partial charge in [-0.2, -0.15) is 4.98 Å². The first-order chi connectivity index (χ1) is 13.0. The zero-order valence-electron chi connectivity index (χ0n) is 16.7. The number of aliphatic hydroxyl groups is 1. The fourth-order valence-electron chi connectivity index (χ4n) is 2.70. The van der Waals surface area contributed by atoms with Crippen LogP contribution in [0.5, 0.6) is 0 Å². The monoisotopic (exact) mass is 397 g/mol. The van der Waals surface area contributed by atoms with E-state index in [1.807, 2.05) is 6.92 Å². The Balaban J connectivity index is 2.17. The number of hydrogen-bond donors (Lipinski definition) is 2. The molecular formula is C18H27N3O7. The summed E-state index contributed by atoms with van der Waals surface area (Å²) in [6, 6.07) is 1.44. The number of aliphatic hydroxyl groups excluding tert-OH is 1. The molecule has 0 bridgehead atoms. The molecule has 1 aromatic heterocycles. The Labute approximate surface area is 162 Å². The molecule has 1 amide bonds. The standard InChI is InChI=1S/C18H27N3O7/c1-6-11-13(23)14(26-9-27-16(24)18(3,4)5)15(28-11)21-8-7-12(19-10(2)22)20-17(21)25/h7-8,11,13-15,23H,6,9H2,1-5H3,(H,19,20,22,25)/t11-,13+,14?,15-/m1/s1. The van der Waals surface area contributed by atoms with Gasteiger partial charge in [0.25, 0.3) is 0 Å². The highest BCUT2D eigenvalue weighted by Gasteiger charge is 2.45. The van der Waals surface area contributed by atoms with Gasteiger partial charge in [-0.15, -0.1) is 0 Å². The minimum Gasteiger partial charge on any atom is -0.438 e. The molecule has 0 aromatic carbocycles. The van der Waals surface area contributed by atoms with E-state index in [2.05, 4.69) is 10.3 Å². The third kappa shape index (κ3) is 5.15. The van der Waals surface area contributed by atoms with Gasteiger partial charge in [-0.05, 0) is 33.3 Å². The third-order valence-electron chi connectivity index (χ3n) is 4.19. The number of esters is 1.